The Kier molecular flexibility index (Phi) is 7.06. The summed E-state index contributed by atoms with van der Waals surface area (Å²) >= 11 is 0. The first-order chi connectivity index (χ1) is 17.6. The fraction of sp³-hybridized carbons (Fsp3) is 0.333. The number of carbonyl (C=O) groups is 2. The maximum absolute atomic E-state index is 13.8. The number of nitrogens with zero attached hydrogens (tertiary/aromatic N) is 4. The van der Waals surface area contributed by atoms with Gasteiger partial charge in [-0.1, -0.05) is 48.7 Å². The lowest BCUT2D eigenvalue weighted by atomic mass is 9.95. The standard InChI is InChI=1S/C27H28FN5O3/c28-20-14-12-19(13-15-20)17-32(25(34)18-33-23-10-5-4-9-22(23)30-31-33)26(24-11-6-16-36-24)27(35)29-21-7-2-1-3-8-21/h4-6,9-16,21,26H,1-3,7-8,17-18H2,(H,29,35)/t26-/m0/s1. The normalized spacial score (nSPS) is 15.0. The molecule has 1 saturated carbocycles. The Morgan fingerprint density at radius 3 is 2.58 bits per heavy atom. The number of para-hydroxylation sites is 1. The molecular formula is C27H28FN5O3. The van der Waals surface area contributed by atoms with Crippen LogP contribution in [0.2, 0.25) is 0 Å². The van der Waals surface area contributed by atoms with Crippen LogP contribution in [-0.4, -0.2) is 37.7 Å². The van der Waals surface area contributed by atoms with Gasteiger partial charge < -0.3 is 14.6 Å². The van der Waals surface area contributed by atoms with Crippen molar-refractivity contribution in [1.82, 2.24) is 25.2 Å². The summed E-state index contributed by atoms with van der Waals surface area (Å²) in [7, 11) is 0. The van der Waals surface area contributed by atoms with E-state index in [0.29, 0.717) is 22.4 Å². The molecule has 8 nitrogen and oxygen atoms in total. The molecule has 186 valence electrons. The van der Waals surface area contributed by atoms with Crippen molar-refractivity contribution in [2.45, 2.75) is 57.3 Å². The molecule has 2 aromatic heterocycles. The van der Waals surface area contributed by atoms with Gasteiger partial charge in [0, 0.05) is 12.6 Å². The predicted octanol–water partition coefficient (Wildman–Crippen LogP) is 4.38. The van der Waals surface area contributed by atoms with E-state index >= 15 is 0 Å². The average Bonchev–Trinajstić information content (AvgIpc) is 3.56. The van der Waals surface area contributed by atoms with Crippen molar-refractivity contribution in [2.75, 3.05) is 0 Å². The summed E-state index contributed by atoms with van der Waals surface area (Å²) in [5, 5.41) is 11.4. The highest BCUT2D eigenvalue weighted by atomic mass is 19.1. The molecule has 4 aromatic rings. The van der Waals surface area contributed by atoms with Gasteiger partial charge in [-0.2, -0.15) is 0 Å². The van der Waals surface area contributed by atoms with Crippen LogP contribution in [-0.2, 0) is 22.7 Å². The first kappa shape index (κ1) is 23.7. The van der Waals surface area contributed by atoms with Crippen LogP contribution < -0.4 is 5.32 Å². The van der Waals surface area contributed by atoms with Crippen LogP contribution in [0.4, 0.5) is 4.39 Å². The van der Waals surface area contributed by atoms with Gasteiger partial charge in [0.05, 0.1) is 11.8 Å². The van der Waals surface area contributed by atoms with Crippen molar-refractivity contribution in [2.24, 2.45) is 0 Å². The number of furan rings is 1. The Morgan fingerprint density at radius 1 is 1.06 bits per heavy atom. The monoisotopic (exact) mass is 489 g/mol. The number of benzene rings is 2. The molecule has 0 bridgehead atoms. The molecule has 1 aliphatic carbocycles. The number of halogens is 1. The highest BCUT2D eigenvalue weighted by Gasteiger charge is 2.35. The van der Waals surface area contributed by atoms with Gasteiger partial charge in [0.15, 0.2) is 6.04 Å². The zero-order chi connectivity index (χ0) is 24.9. The molecule has 2 aromatic carbocycles. The van der Waals surface area contributed by atoms with E-state index < -0.39 is 6.04 Å². The topological polar surface area (TPSA) is 93.3 Å². The Morgan fingerprint density at radius 2 is 1.83 bits per heavy atom. The minimum atomic E-state index is -0.991. The lowest BCUT2D eigenvalue weighted by Crippen LogP contribution is -2.47. The molecule has 1 N–H and O–H groups in total. The zero-order valence-corrected chi connectivity index (χ0v) is 19.8. The van der Waals surface area contributed by atoms with Crippen LogP contribution in [0, 0.1) is 5.82 Å². The van der Waals surface area contributed by atoms with Crippen molar-refractivity contribution in [1.29, 1.82) is 0 Å². The number of hydrogen-bond acceptors (Lipinski definition) is 5. The largest absolute Gasteiger partial charge is 0.467 e. The van der Waals surface area contributed by atoms with E-state index in [9.17, 15) is 14.0 Å². The molecule has 0 aliphatic heterocycles. The van der Waals surface area contributed by atoms with Gasteiger partial charge in [-0.3, -0.25) is 9.59 Å². The fourth-order valence-corrected chi connectivity index (χ4v) is 4.76. The molecule has 2 amide bonds. The number of amides is 2. The highest BCUT2D eigenvalue weighted by Crippen LogP contribution is 2.27. The molecule has 1 fully saturated rings. The molecule has 0 unspecified atom stereocenters. The van der Waals surface area contributed by atoms with Gasteiger partial charge in [-0.05, 0) is 54.8 Å². The summed E-state index contributed by atoms with van der Waals surface area (Å²) in [6.45, 7) is -0.0230. The third-order valence-electron chi connectivity index (χ3n) is 6.62. The van der Waals surface area contributed by atoms with Gasteiger partial charge in [0.25, 0.3) is 5.91 Å². The predicted molar refractivity (Wildman–Crippen MR) is 131 cm³/mol. The first-order valence-electron chi connectivity index (χ1n) is 12.2. The lowest BCUT2D eigenvalue weighted by molar-refractivity contribution is -0.143. The maximum atomic E-state index is 13.8. The third kappa shape index (κ3) is 5.30. The molecule has 1 atom stereocenters. The number of rotatable bonds is 8. The van der Waals surface area contributed by atoms with E-state index in [1.54, 1.807) is 24.3 Å². The van der Waals surface area contributed by atoms with E-state index in [2.05, 4.69) is 15.6 Å². The average molecular weight is 490 g/mol. The maximum Gasteiger partial charge on any atom is 0.250 e. The minimum Gasteiger partial charge on any atom is -0.467 e. The summed E-state index contributed by atoms with van der Waals surface area (Å²) in [5.74, 6) is -0.642. The summed E-state index contributed by atoms with van der Waals surface area (Å²) < 4.78 is 20.7. The second-order valence-corrected chi connectivity index (χ2v) is 9.15. The van der Waals surface area contributed by atoms with Gasteiger partial charge in [0.2, 0.25) is 5.91 Å². The van der Waals surface area contributed by atoms with E-state index in [4.69, 9.17) is 4.42 Å². The van der Waals surface area contributed by atoms with E-state index in [0.717, 1.165) is 32.1 Å². The molecule has 0 radical (unpaired) electrons. The summed E-state index contributed by atoms with van der Waals surface area (Å²) in [5.41, 5.74) is 2.08. The fourth-order valence-electron chi connectivity index (χ4n) is 4.76. The summed E-state index contributed by atoms with van der Waals surface area (Å²) in [4.78, 5) is 28.9. The highest BCUT2D eigenvalue weighted by molar-refractivity contribution is 5.89. The molecule has 5 rings (SSSR count). The number of nitrogens with one attached hydrogen (secondary N) is 1. The van der Waals surface area contributed by atoms with Gasteiger partial charge in [-0.15, -0.1) is 5.10 Å². The number of hydrogen-bond donors (Lipinski definition) is 1. The number of fused-ring (bicyclic) bond motifs is 1. The zero-order valence-electron chi connectivity index (χ0n) is 19.8. The Hall–Kier alpha value is -4.01. The number of aromatic nitrogens is 3. The lowest BCUT2D eigenvalue weighted by Gasteiger charge is -2.32. The van der Waals surface area contributed by atoms with Gasteiger partial charge in [-0.25, -0.2) is 9.07 Å². The Balaban J connectivity index is 1.48. The van der Waals surface area contributed by atoms with Crippen molar-refractivity contribution < 1.29 is 18.4 Å². The summed E-state index contributed by atoms with van der Waals surface area (Å²) in [6, 6.07) is 15.7. The van der Waals surface area contributed by atoms with Crippen molar-refractivity contribution in [3.8, 4) is 0 Å². The summed E-state index contributed by atoms with van der Waals surface area (Å²) in [6.07, 6.45) is 6.60. The second-order valence-electron chi connectivity index (χ2n) is 9.15. The molecule has 2 heterocycles. The van der Waals surface area contributed by atoms with Crippen molar-refractivity contribution in [3.63, 3.8) is 0 Å². The van der Waals surface area contributed by atoms with Crippen LogP contribution in [0.5, 0.6) is 0 Å². The quantitative estimate of drug-likeness (QED) is 0.396. The second kappa shape index (κ2) is 10.7. The third-order valence-corrected chi connectivity index (χ3v) is 6.62. The molecule has 0 saturated heterocycles. The Bertz CT molecular complexity index is 1310. The van der Waals surface area contributed by atoms with Crippen LogP contribution in [0.1, 0.15) is 49.5 Å². The number of carbonyl (C=O) groups excluding carboxylic acids is 2. The van der Waals surface area contributed by atoms with Crippen LogP contribution in [0.3, 0.4) is 0 Å². The molecular weight excluding hydrogens is 461 g/mol. The van der Waals surface area contributed by atoms with Crippen LogP contribution in [0.15, 0.2) is 71.3 Å². The van der Waals surface area contributed by atoms with E-state index in [1.165, 1.54) is 28.0 Å². The SMILES string of the molecule is O=C(NC1CCCCC1)[C@H](c1ccco1)N(Cc1ccc(F)cc1)C(=O)Cn1nnc2ccccc21. The van der Waals surface area contributed by atoms with Crippen LogP contribution in [0.25, 0.3) is 11.0 Å². The van der Waals surface area contributed by atoms with E-state index in [1.807, 2.05) is 24.3 Å². The molecule has 36 heavy (non-hydrogen) atoms. The minimum absolute atomic E-state index is 0.0609. The van der Waals surface area contributed by atoms with Crippen LogP contribution >= 0.6 is 0 Å². The van der Waals surface area contributed by atoms with Gasteiger partial charge >= 0.3 is 0 Å². The Labute approximate surface area is 208 Å². The smallest absolute Gasteiger partial charge is 0.250 e. The first-order valence-corrected chi connectivity index (χ1v) is 12.2. The molecule has 9 heteroatoms. The molecule has 0 spiro atoms. The van der Waals surface area contributed by atoms with Crippen molar-refractivity contribution in [3.05, 3.63) is 84.1 Å². The van der Waals surface area contributed by atoms with Crippen molar-refractivity contribution >= 4 is 22.8 Å². The van der Waals surface area contributed by atoms with E-state index in [-0.39, 0.29) is 36.8 Å². The van der Waals surface area contributed by atoms with Gasteiger partial charge in [0.1, 0.15) is 23.6 Å². The molecule has 1 aliphatic rings.